The molecule has 0 spiro atoms. The van der Waals surface area contributed by atoms with Crippen LogP contribution in [0.15, 0.2) is 75.9 Å². The lowest BCUT2D eigenvalue weighted by Gasteiger charge is -2.13. The SMILES string of the molecule is Cc1cc2oc(-c3ccccc3)c(OCc3ccc(C(=O)OC(C)C)cc3)c(=O)c2cc1Cl. The first-order chi connectivity index (χ1) is 15.8. The zero-order valence-corrected chi connectivity index (χ0v) is 19.3. The number of rotatable bonds is 6. The van der Waals surface area contributed by atoms with E-state index >= 15 is 0 Å². The van der Waals surface area contributed by atoms with Gasteiger partial charge in [-0.15, -0.1) is 0 Å². The first kappa shape index (κ1) is 22.6. The summed E-state index contributed by atoms with van der Waals surface area (Å²) in [4.78, 5) is 25.4. The Kier molecular flexibility index (Phi) is 6.52. The minimum atomic E-state index is -0.383. The Bertz CT molecular complexity index is 1360. The molecule has 1 aromatic heterocycles. The van der Waals surface area contributed by atoms with Crippen molar-refractivity contribution in [2.75, 3.05) is 0 Å². The zero-order valence-electron chi connectivity index (χ0n) is 18.6. The van der Waals surface area contributed by atoms with Crippen molar-refractivity contribution in [3.05, 3.63) is 98.7 Å². The van der Waals surface area contributed by atoms with Crippen molar-refractivity contribution in [1.29, 1.82) is 0 Å². The fourth-order valence-corrected chi connectivity index (χ4v) is 3.55. The maximum absolute atomic E-state index is 13.3. The molecule has 0 amide bonds. The van der Waals surface area contributed by atoms with E-state index in [9.17, 15) is 9.59 Å². The van der Waals surface area contributed by atoms with E-state index in [4.69, 9.17) is 25.5 Å². The molecule has 0 aliphatic carbocycles. The van der Waals surface area contributed by atoms with Crippen LogP contribution in [0.2, 0.25) is 5.02 Å². The van der Waals surface area contributed by atoms with Gasteiger partial charge < -0.3 is 13.9 Å². The quantitative estimate of drug-likeness (QED) is 0.303. The average molecular weight is 463 g/mol. The van der Waals surface area contributed by atoms with E-state index in [0.29, 0.717) is 27.3 Å². The van der Waals surface area contributed by atoms with E-state index in [2.05, 4.69) is 0 Å². The Morgan fingerprint density at radius 2 is 1.73 bits per heavy atom. The van der Waals surface area contributed by atoms with E-state index in [1.807, 2.05) is 37.3 Å². The van der Waals surface area contributed by atoms with Crippen molar-refractivity contribution in [2.24, 2.45) is 0 Å². The molecule has 4 rings (SSSR count). The molecule has 0 saturated heterocycles. The molecule has 168 valence electrons. The number of ether oxygens (including phenoxy) is 2. The van der Waals surface area contributed by atoms with Gasteiger partial charge in [0.2, 0.25) is 11.2 Å². The predicted molar refractivity (Wildman–Crippen MR) is 129 cm³/mol. The number of carbonyl (C=O) groups is 1. The highest BCUT2D eigenvalue weighted by atomic mass is 35.5. The van der Waals surface area contributed by atoms with Crippen LogP contribution in [0.3, 0.4) is 0 Å². The highest BCUT2D eigenvalue weighted by Crippen LogP contribution is 2.33. The molecule has 0 saturated carbocycles. The van der Waals surface area contributed by atoms with Crippen molar-refractivity contribution in [3.8, 4) is 17.1 Å². The smallest absolute Gasteiger partial charge is 0.338 e. The number of carbonyl (C=O) groups excluding carboxylic acids is 1. The Hall–Kier alpha value is -3.57. The van der Waals surface area contributed by atoms with Gasteiger partial charge in [0.15, 0.2) is 5.76 Å². The summed E-state index contributed by atoms with van der Waals surface area (Å²) in [5, 5.41) is 0.837. The number of aryl methyl sites for hydroxylation is 1. The molecule has 5 nitrogen and oxygen atoms in total. The van der Waals surface area contributed by atoms with Gasteiger partial charge in [-0.05, 0) is 56.2 Å². The van der Waals surface area contributed by atoms with Gasteiger partial charge in [0.25, 0.3) is 0 Å². The molecule has 0 aliphatic heterocycles. The number of halogens is 1. The molecular formula is C27H23ClO5. The van der Waals surface area contributed by atoms with Crippen molar-refractivity contribution in [1.82, 2.24) is 0 Å². The zero-order chi connectivity index (χ0) is 23.5. The fourth-order valence-electron chi connectivity index (χ4n) is 3.38. The Morgan fingerprint density at radius 1 is 1.03 bits per heavy atom. The van der Waals surface area contributed by atoms with Gasteiger partial charge in [0.1, 0.15) is 12.2 Å². The Morgan fingerprint density at radius 3 is 2.39 bits per heavy atom. The van der Waals surface area contributed by atoms with E-state index in [1.165, 1.54) is 0 Å². The van der Waals surface area contributed by atoms with Gasteiger partial charge >= 0.3 is 5.97 Å². The molecule has 1 heterocycles. The van der Waals surface area contributed by atoms with Gasteiger partial charge in [-0.1, -0.05) is 54.1 Å². The highest BCUT2D eigenvalue weighted by molar-refractivity contribution is 6.32. The van der Waals surface area contributed by atoms with Gasteiger partial charge in [0.05, 0.1) is 17.1 Å². The molecule has 0 radical (unpaired) electrons. The molecule has 4 aromatic rings. The molecule has 0 N–H and O–H groups in total. The monoisotopic (exact) mass is 462 g/mol. The van der Waals surface area contributed by atoms with Crippen molar-refractivity contribution >= 4 is 28.5 Å². The average Bonchev–Trinajstić information content (AvgIpc) is 2.80. The molecule has 0 atom stereocenters. The van der Waals surface area contributed by atoms with Crippen LogP contribution in [0.4, 0.5) is 0 Å². The first-order valence-electron chi connectivity index (χ1n) is 10.6. The summed E-state index contributed by atoms with van der Waals surface area (Å²) >= 11 is 6.25. The van der Waals surface area contributed by atoms with Crippen molar-refractivity contribution < 1.29 is 18.7 Å². The largest absolute Gasteiger partial charge is 0.481 e. The van der Waals surface area contributed by atoms with Crippen LogP contribution in [0, 0.1) is 6.92 Å². The third kappa shape index (κ3) is 4.94. The summed E-state index contributed by atoms with van der Waals surface area (Å²) in [7, 11) is 0. The standard InChI is InChI=1S/C27H23ClO5/c1-16(2)32-27(30)20-11-9-18(10-12-20)15-31-26-24(29)21-14-22(28)17(3)13-23(21)33-25(26)19-7-5-4-6-8-19/h4-14,16H,15H2,1-3H3. The summed E-state index contributed by atoms with van der Waals surface area (Å²) in [6.07, 6.45) is -0.193. The van der Waals surface area contributed by atoms with Crippen LogP contribution in [0.1, 0.15) is 35.3 Å². The van der Waals surface area contributed by atoms with E-state index in [-0.39, 0.29) is 29.9 Å². The maximum atomic E-state index is 13.3. The molecule has 33 heavy (non-hydrogen) atoms. The molecule has 6 heteroatoms. The summed E-state index contributed by atoms with van der Waals surface area (Å²) in [6, 6.07) is 19.6. The van der Waals surface area contributed by atoms with Gasteiger partial charge in [-0.2, -0.15) is 0 Å². The molecule has 3 aromatic carbocycles. The Labute approximate surface area is 196 Å². The molecule has 0 fully saturated rings. The van der Waals surface area contributed by atoms with Crippen LogP contribution in [0.25, 0.3) is 22.3 Å². The summed E-state index contributed by atoms with van der Waals surface area (Å²) in [6.45, 7) is 5.58. The maximum Gasteiger partial charge on any atom is 0.338 e. The second-order valence-electron chi connectivity index (χ2n) is 7.99. The van der Waals surface area contributed by atoms with Gasteiger partial charge in [0, 0.05) is 10.6 Å². The molecular weight excluding hydrogens is 440 g/mol. The fraction of sp³-hybridized carbons (Fsp3) is 0.185. The number of hydrogen-bond acceptors (Lipinski definition) is 5. The predicted octanol–water partition coefficient (Wildman–Crippen LogP) is 6.57. The Balaban J connectivity index is 1.69. The van der Waals surface area contributed by atoms with E-state index in [0.717, 1.165) is 16.7 Å². The van der Waals surface area contributed by atoms with Crippen LogP contribution in [0.5, 0.6) is 5.75 Å². The van der Waals surface area contributed by atoms with Crippen LogP contribution < -0.4 is 10.2 Å². The van der Waals surface area contributed by atoms with Crippen molar-refractivity contribution in [3.63, 3.8) is 0 Å². The summed E-state index contributed by atoms with van der Waals surface area (Å²) in [5.74, 6) is 0.0787. The number of fused-ring (bicyclic) bond motifs is 1. The second kappa shape index (κ2) is 9.51. The summed E-state index contributed by atoms with van der Waals surface area (Å²) in [5.41, 5.74) is 2.93. The minimum absolute atomic E-state index is 0.108. The second-order valence-corrected chi connectivity index (χ2v) is 8.40. The van der Waals surface area contributed by atoms with E-state index < -0.39 is 0 Å². The molecule has 0 bridgehead atoms. The van der Waals surface area contributed by atoms with Gasteiger partial charge in [-0.3, -0.25) is 4.79 Å². The normalized spacial score (nSPS) is 11.1. The third-order valence-corrected chi connectivity index (χ3v) is 5.49. The minimum Gasteiger partial charge on any atom is -0.481 e. The number of esters is 1. The van der Waals surface area contributed by atoms with Crippen LogP contribution in [-0.2, 0) is 11.3 Å². The summed E-state index contributed by atoms with van der Waals surface area (Å²) < 4.78 is 17.3. The number of benzene rings is 3. The molecule has 0 aliphatic rings. The van der Waals surface area contributed by atoms with Gasteiger partial charge in [-0.25, -0.2) is 4.79 Å². The van der Waals surface area contributed by atoms with Crippen molar-refractivity contribution in [2.45, 2.75) is 33.5 Å². The third-order valence-electron chi connectivity index (χ3n) is 5.08. The number of hydrogen-bond donors (Lipinski definition) is 0. The van der Waals surface area contributed by atoms with E-state index in [1.54, 1.807) is 50.2 Å². The first-order valence-corrected chi connectivity index (χ1v) is 11.0. The lowest BCUT2D eigenvalue weighted by molar-refractivity contribution is 0.0378. The highest BCUT2D eigenvalue weighted by Gasteiger charge is 2.19. The topological polar surface area (TPSA) is 65.7 Å². The lowest BCUT2D eigenvalue weighted by Crippen LogP contribution is -2.12. The van der Waals surface area contributed by atoms with Crippen LogP contribution >= 0.6 is 11.6 Å². The molecule has 0 unspecified atom stereocenters. The lowest BCUT2D eigenvalue weighted by atomic mass is 10.1. The van der Waals surface area contributed by atoms with Crippen LogP contribution in [-0.4, -0.2) is 12.1 Å².